The first kappa shape index (κ1) is 9.19. The fourth-order valence-corrected chi connectivity index (χ4v) is 1.47. The molecule has 0 atom stereocenters. The van der Waals surface area contributed by atoms with Crippen LogP contribution in [-0.2, 0) is 9.84 Å². The van der Waals surface area contributed by atoms with E-state index in [-0.39, 0.29) is 5.75 Å². The molecule has 3 nitrogen and oxygen atoms in total. The minimum atomic E-state index is -3.03. The van der Waals surface area contributed by atoms with Crippen molar-refractivity contribution in [1.29, 1.82) is 0 Å². The maximum Gasteiger partial charge on any atom is 0.158 e. The lowest BCUT2D eigenvalue weighted by molar-refractivity contribution is 0.603. The molecule has 0 saturated heterocycles. The van der Waals surface area contributed by atoms with Crippen molar-refractivity contribution in [2.24, 2.45) is 0 Å². The van der Waals surface area contributed by atoms with Gasteiger partial charge in [0.25, 0.3) is 0 Å². The van der Waals surface area contributed by atoms with Gasteiger partial charge in [0.1, 0.15) is 5.75 Å². The third-order valence-corrected chi connectivity index (χ3v) is 2.86. The first-order valence-electron chi connectivity index (χ1n) is 3.61. The van der Waals surface area contributed by atoms with Crippen LogP contribution < -0.4 is 0 Å². The molecule has 0 saturated carbocycles. The van der Waals surface area contributed by atoms with E-state index < -0.39 is 9.84 Å². The van der Waals surface area contributed by atoms with Crippen LogP contribution in [0.5, 0.6) is 0 Å². The first-order chi connectivity index (χ1) is 5.64. The lowest BCUT2D eigenvalue weighted by atomic mass is 10.3. The Balaban J connectivity index is 2.78. The zero-order valence-corrected chi connectivity index (χ0v) is 7.58. The number of sulfone groups is 1. The van der Waals surface area contributed by atoms with Gasteiger partial charge in [-0.2, -0.15) is 0 Å². The van der Waals surface area contributed by atoms with E-state index in [0.717, 1.165) is 0 Å². The molecule has 1 aromatic rings. The summed E-state index contributed by atoms with van der Waals surface area (Å²) in [4.78, 5) is 3.79. The van der Waals surface area contributed by atoms with Crippen LogP contribution in [0.1, 0.15) is 12.5 Å². The zero-order valence-electron chi connectivity index (χ0n) is 6.77. The van der Waals surface area contributed by atoms with Gasteiger partial charge < -0.3 is 0 Å². The maximum atomic E-state index is 11.1. The van der Waals surface area contributed by atoms with E-state index in [1.165, 1.54) is 5.75 Å². The van der Waals surface area contributed by atoms with Gasteiger partial charge >= 0.3 is 0 Å². The molecule has 1 aromatic heterocycles. The van der Waals surface area contributed by atoms with E-state index in [2.05, 4.69) is 4.98 Å². The molecule has 0 aliphatic carbocycles. The SMILES string of the molecule is CCS(=O)(=O)[CH]c1ccncc1. The Morgan fingerprint density at radius 2 is 2.00 bits per heavy atom. The molecule has 65 valence electrons. The summed E-state index contributed by atoms with van der Waals surface area (Å²) < 4.78 is 22.2. The largest absolute Gasteiger partial charge is 0.265 e. The van der Waals surface area contributed by atoms with Crippen LogP contribution in [0.3, 0.4) is 0 Å². The standard InChI is InChI=1S/C8H10NO2S/c1-2-12(10,11)7-8-3-5-9-6-4-8/h3-7H,2H2,1H3. The quantitative estimate of drug-likeness (QED) is 0.704. The van der Waals surface area contributed by atoms with Gasteiger partial charge in [0.05, 0.1) is 0 Å². The van der Waals surface area contributed by atoms with Crippen molar-refractivity contribution in [3.05, 3.63) is 35.8 Å². The Bertz CT molecular complexity index is 331. The molecule has 0 unspecified atom stereocenters. The Hall–Kier alpha value is -0.900. The number of rotatable bonds is 3. The van der Waals surface area contributed by atoms with E-state index in [1.807, 2.05) is 0 Å². The van der Waals surface area contributed by atoms with Crippen molar-refractivity contribution in [1.82, 2.24) is 4.98 Å². The minimum absolute atomic E-state index is 0.134. The second-order valence-electron chi connectivity index (χ2n) is 2.35. The maximum absolute atomic E-state index is 11.1. The molecular formula is C8H10NO2S. The van der Waals surface area contributed by atoms with Crippen molar-refractivity contribution in [2.75, 3.05) is 5.75 Å². The van der Waals surface area contributed by atoms with Crippen LogP contribution in [0.2, 0.25) is 0 Å². The summed E-state index contributed by atoms with van der Waals surface area (Å²) in [5, 5.41) is 0. The molecule has 0 aliphatic heterocycles. The highest BCUT2D eigenvalue weighted by Gasteiger charge is 2.08. The number of pyridine rings is 1. The summed E-state index contributed by atoms with van der Waals surface area (Å²) in [7, 11) is -3.03. The molecule has 0 spiro atoms. The molecule has 0 fully saturated rings. The lowest BCUT2D eigenvalue weighted by Gasteiger charge is -1.98. The summed E-state index contributed by atoms with van der Waals surface area (Å²) in [5.41, 5.74) is 0.673. The van der Waals surface area contributed by atoms with Crippen LogP contribution in [0.4, 0.5) is 0 Å². The van der Waals surface area contributed by atoms with E-state index >= 15 is 0 Å². The summed E-state index contributed by atoms with van der Waals surface area (Å²) in [6.45, 7) is 1.62. The topological polar surface area (TPSA) is 47.0 Å². The smallest absolute Gasteiger partial charge is 0.158 e. The molecule has 1 radical (unpaired) electrons. The average molecular weight is 184 g/mol. The first-order valence-corrected chi connectivity index (χ1v) is 5.33. The molecule has 1 rings (SSSR count). The van der Waals surface area contributed by atoms with Gasteiger partial charge in [-0.1, -0.05) is 6.92 Å². The Morgan fingerprint density at radius 1 is 1.42 bits per heavy atom. The van der Waals surface area contributed by atoms with Crippen molar-refractivity contribution < 1.29 is 8.42 Å². The highest BCUT2D eigenvalue weighted by atomic mass is 32.2. The minimum Gasteiger partial charge on any atom is -0.265 e. The molecule has 0 aromatic carbocycles. The summed E-state index contributed by atoms with van der Waals surface area (Å²) >= 11 is 0. The molecule has 0 amide bonds. The van der Waals surface area contributed by atoms with Gasteiger partial charge in [0.2, 0.25) is 0 Å². The van der Waals surface area contributed by atoms with Crippen LogP contribution in [0, 0.1) is 5.75 Å². The second-order valence-corrected chi connectivity index (χ2v) is 4.49. The van der Waals surface area contributed by atoms with Gasteiger partial charge in [0.15, 0.2) is 9.84 Å². The van der Waals surface area contributed by atoms with Crippen molar-refractivity contribution in [2.45, 2.75) is 6.92 Å². The van der Waals surface area contributed by atoms with Crippen molar-refractivity contribution >= 4 is 9.84 Å². The number of aromatic nitrogens is 1. The van der Waals surface area contributed by atoms with E-state index in [0.29, 0.717) is 5.56 Å². The Morgan fingerprint density at radius 3 is 2.50 bits per heavy atom. The van der Waals surface area contributed by atoms with Crippen molar-refractivity contribution in [3.63, 3.8) is 0 Å². The van der Waals surface area contributed by atoms with Gasteiger partial charge in [-0.25, -0.2) is 8.42 Å². The van der Waals surface area contributed by atoms with E-state index in [4.69, 9.17) is 0 Å². The van der Waals surface area contributed by atoms with E-state index in [9.17, 15) is 8.42 Å². The monoisotopic (exact) mass is 184 g/mol. The summed E-state index contributed by atoms with van der Waals surface area (Å²) in [6.07, 6.45) is 3.13. The third-order valence-electron chi connectivity index (χ3n) is 1.42. The van der Waals surface area contributed by atoms with Crippen LogP contribution >= 0.6 is 0 Å². The highest BCUT2D eigenvalue weighted by Crippen LogP contribution is 2.06. The summed E-state index contributed by atoms with van der Waals surface area (Å²) in [5.74, 6) is 1.39. The normalized spacial score (nSPS) is 11.4. The summed E-state index contributed by atoms with van der Waals surface area (Å²) in [6, 6.07) is 3.32. The second kappa shape index (κ2) is 3.67. The number of hydrogen-bond acceptors (Lipinski definition) is 3. The highest BCUT2D eigenvalue weighted by molar-refractivity contribution is 7.93. The van der Waals surface area contributed by atoms with Gasteiger partial charge in [-0.15, -0.1) is 0 Å². The van der Waals surface area contributed by atoms with E-state index in [1.54, 1.807) is 31.5 Å². The van der Waals surface area contributed by atoms with Gasteiger partial charge in [0, 0.05) is 18.1 Å². The zero-order chi connectivity index (χ0) is 9.03. The Kier molecular flexibility index (Phi) is 2.81. The average Bonchev–Trinajstić information content (AvgIpc) is 2.06. The third kappa shape index (κ3) is 2.62. The van der Waals surface area contributed by atoms with Crippen LogP contribution in [-0.4, -0.2) is 19.2 Å². The number of hydrogen-bond donors (Lipinski definition) is 0. The molecule has 0 aliphatic rings. The predicted molar refractivity (Wildman–Crippen MR) is 47.1 cm³/mol. The molecule has 4 heteroatoms. The van der Waals surface area contributed by atoms with Gasteiger partial charge in [-0.05, 0) is 17.7 Å². The Labute approximate surface area is 72.4 Å². The van der Waals surface area contributed by atoms with Crippen molar-refractivity contribution in [3.8, 4) is 0 Å². The predicted octanol–water partition coefficient (Wildman–Crippen LogP) is 1.03. The number of nitrogens with zero attached hydrogens (tertiary/aromatic N) is 1. The molecular weight excluding hydrogens is 174 g/mol. The molecule has 12 heavy (non-hydrogen) atoms. The lowest BCUT2D eigenvalue weighted by Crippen LogP contribution is -2.03. The van der Waals surface area contributed by atoms with Crippen LogP contribution in [0.15, 0.2) is 24.5 Å². The fraction of sp³-hybridized carbons (Fsp3) is 0.250. The van der Waals surface area contributed by atoms with Gasteiger partial charge in [-0.3, -0.25) is 4.98 Å². The fourth-order valence-electron chi connectivity index (χ4n) is 0.733. The van der Waals surface area contributed by atoms with Crippen LogP contribution in [0.25, 0.3) is 0 Å². The molecule has 1 heterocycles. The molecule has 0 N–H and O–H groups in total. The molecule has 0 bridgehead atoms.